The lowest BCUT2D eigenvalue weighted by Crippen LogP contribution is -1.99. The topological polar surface area (TPSA) is 46.2 Å². The van der Waals surface area contributed by atoms with Crippen molar-refractivity contribution in [3.8, 4) is 0 Å². The maximum absolute atomic E-state index is 7.99. The lowest BCUT2D eigenvalue weighted by Gasteiger charge is -1.80. The number of rotatable bonds is 2. The summed E-state index contributed by atoms with van der Waals surface area (Å²) in [6.45, 7) is 0.812. The third-order valence-corrected chi connectivity index (χ3v) is 0.362. The molecule has 0 aromatic carbocycles. The van der Waals surface area contributed by atoms with Gasteiger partial charge in [0.05, 0.1) is 0 Å². The predicted molar refractivity (Wildman–Crippen MR) is 35.3 cm³/mol. The highest BCUT2D eigenvalue weighted by Gasteiger charge is 1.69. The number of halogens is 2. The molecule has 0 aromatic heterocycles. The lowest BCUT2D eigenvalue weighted by atomic mass is 10.5. The van der Waals surface area contributed by atoms with E-state index in [9.17, 15) is 0 Å². The van der Waals surface area contributed by atoms with E-state index < -0.39 is 0 Å². The summed E-state index contributed by atoms with van der Waals surface area (Å²) in [6, 6.07) is 0. The quantitative estimate of drug-likeness (QED) is 0.586. The molecule has 0 aliphatic carbocycles. The molecule has 7 heavy (non-hydrogen) atoms. The van der Waals surface area contributed by atoms with Crippen molar-refractivity contribution in [1.82, 2.24) is 0 Å². The van der Waals surface area contributed by atoms with Crippen molar-refractivity contribution in [3.63, 3.8) is 0 Å². The number of hydrogen-bond acceptors (Lipinski definition) is 2. The fourth-order valence-electron chi connectivity index (χ4n) is 0.0913. The molecular weight excluding hydrogens is 137 g/mol. The molecule has 0 fully saturated rings. The number of aliphatic hydroxyl groups is 1. The van der Waals surface area contributed by atoms with Gasteiger partial charge in [0.15, 0.2) is 0 Å². The molecule has 0 amide bonds. The Labute approximate surface area is 55.9 Å². The minimum atomic E-state index is 0. The molecule has 0 atom stereocenters. The number of aliphatic hydroxyl groups excluding tert-OH is 1. The lowest BCUT2D eigenvalue weighted by molar-refractivity contribution is 0.291. The molecule has 0 spiro atoms. The van der Waals surface area contributed by atoms with Gasteiger partial charge >= 0.3 is 0 Å². The van der Waals surface area contributed by atoms with Gasteiger partial charge in [-0.25, -0.2) is 0 Å². The summed E-state index contributed by atoms with van der Waals surface area (Å²) in [5.41, 5.74) is 4.98. The van der Waals surface area contributed by atoms with Crippen molar-refractivity contribution in [3.05, 3.63) is 0 Å². The molecule has 0 aliphatic rings. The van der Waals surface area contributed by atoms with Crippen LogP contribution in [-0.4, -0.2) is 18.3 Å². The Kier molecular flexibility index (Phi) is 35.9. The first-order chi connectivity index (χ1) is 2.41. The van der Waals surface area contributed by atoms with E-state index in [1.807, 2.05) is 0 Å². The highest BCUT2D eigenvalue weighted by Crippen LogP contribution is 1.62. The van der Waals surface area contributed by atoms with Crippen LogP contribution in [0, 0.1) is 0 Å². The summed E-state index contributed by atoms with van der Waals surface area (Å²) >= 11 is 0. The SMILES string of the molecule is Cl.Cl.NCCCO. The van der Waals surface area contributed by atoms with Crippen LogP contribution >= 0.6 is 24.8 Å². The minimum absolute atomic E-state index is 0. The zero-order valence-electron chi connectivity index (χ0n) is 3.96. The fourth-order valence-corrected chi connectivity index (χ4v) is 0.0913. The second-order valence-electron chi connectivity index (χ2n) is 0.866. The first-order valence-electron chi connectivity index (χ1n) is 1.72. The van der Waals surface area contributed by atoms with E-state index in [4.69, 9.17) is 10.8 Å². The van der Waals surface area contributed by atoms with Crippen molar-refractivity contribution in [2.75, 3.05) is 13.2 Å². The molecule has 0 aliphatic heterocycles. The summed E-state index contributed by atoms with van der Waals surface area (Å²) in [5, 5.41) is 7.99. The Morgan fingerprint density at radius 3 is 1.71 bits per heavy atom. The molecule has 0 saturated heterocycles. The van der Waals surface area contributed by atoms with Crippen LogP contribution in [0.25, 0.3) is 0 Å². The Morgan fingerprint density at radius 1 is 1.29 bits per heavy atom. The minimum Gasteiger partial charge on any atom is -0.396 e. The zero-order chi connectivity index (χ0) is 4.12. The van der Waals surface area contributed by atoms with Gasteiger partial charge in [-0.2, -0.15) is 0 Å². The average molecular weight is 148 g/mol. The van der Waals surface area contributed by atoms with E-state index in [0.717, 1.165) is 6.42 Å². The molecule has 0 radical (unpaired) electrons. The zero-order valence-corrected chi connectivity index (χ0v) is 5.60. The number of hydrogen-bond donors (Lipinski definition) is 2. The molecule has 0 saturated carbocycles. The standard InChI is InChI=1S/C3H9NO.2ClH/c4-2-1-3-5;;/h5H,1-4H2;2*1H. The normalized spacial score (nSPS) is 6.00. The van der Waals surface area contributed by atoms with Gasteiger partial charge in [0, 0.05) is 6.61 Å². The monoisotopic (exact) mass is 147 g/mol. The van der Waals surface area contributed by atoms with Crippen LogP contribution in [0.5, 0.6) is 0 Å². The fraction of sp³-hybridized carbons (Fsp3) is 1.00. The van der Waals surface area contributed by atoms with Crippen molar-refractivity contribution in [2.45, 2.75) is 6.42 Å². The van der Waals surface area contributed by atoms with Crippen LogP contribution in [0.2, 0.25) is 0 Å². The molecule has 2 nitrogen and oxygen atoms in total. The summed E-state index contributed by atoms with van der Waals surface area (Å²) in [7, 11) is 0. The summed E-state index contributed by atoms with van der Waals surface area (Å²) in [6.07, 6.45) is 0.722. The second-order valence-corrected chi connectivity index (χ2v) is 0.866. The first-order valence-corrected chi connectivity index (χ1v) is 1.72. The Hall–Kier alpha value is 0.500. The smallest absolute Gasteiger partial charge is 0.0443 e. The van der Waals surface area contributed by atoms with Gasteiger partial charge < -0.3 is 10.8 Å². The van der Waals surface area contributed by atoms with E-state index in [-0.39, 0.29) is 31.4 Å². The van der Waals surface area contributed by atoms with Crippen LogP contribution in [0.4, 0.5) is 0 Å². The van der Waals surface area contributed by atoms with Gasteiger partial charge in [-0.1, -0.05) is 0 Å². The number of nitrogens with two attached hydrogens (primary N) is 1. The maximum Gasteiger partial charge on any atom is 0.0443 e. The highest BCUT2D eigenvalue weighted by molar-refractivity contribution is 5.85. The summed E-state index contributed by atoms with van der Waals surface area (Å²) < 4.78 is 0. The molecule has 0 unspecified atom stereocenters. The third-order valence-electron chi connectivity index (χ3n) is 0.362. The van der Waals surface area contributed by atoms with Crippen molar-refractivity contribution >= 4 is 24.8 Å². The van der Waals surface area contributed by atoms with Gasteiger partial charge in [-0.3, -0.25) is 0 Å². The van der Waals surface area contributed by atoms with Crippen LogP contribution in [0.15, 0.2) is 0 Å². The molecule has 0 aromatic rings. The van der Waals surface area contributed by atoms with E-state index in [0.29, 0.717) is 6.54 Å². The molecule has 3 N–H and O–H groups in total. The van der Waals surface area contributed by atoms with Crippen LogP contribution in [0.1, 0.15) is 6.42 Å². The largest absolute Gasteiger partial charge is 0.396 e. The van der Waals surface area contributed by atoms with Crippen LogP contribution < -0.4 is 5.73 Å². The summed E-state index contributed by atoms with van der Waals surface area (Å²) in [4.78, 5) is 0. The van der Waals surface area contributed by atoms with Gasteiger partial charge in [-0.15, -0.1) is 24.8 Å². The van der Waals surface area contributed by atoms with Gasteiger partial charge in [-0.05, 0) is 13.0 Å². The Balaban J connectivity index is -0.0000000800. The summed E-state index contributed by atoms with van der Waals surface area (Å²) in [5.74, 6) is 0. The predicted octanol–water partition coefficient (Wildman–Crippen LogP) is 0.171. The molecule has 0 bridgehead atoms. The second kappa shape index (κ2) is 16.1. The molecule has 48 valence electrons. The molecule has 0 rings (SSSR count). The van der Waals surface area contributed by atoms with E-state index in [1.54, 1.807) is 0 Å². The molecule has 4 heteroatoms. The maximum atomic E-state index is 7.99. The van der Waals surface area contributed by atoms with Crippen LogP contribution in [0.3, 0.4) is 0 Å². The van der Waals surface area contributed by atoms with E-state index in [2.05, 4.69) is 0 Å². The average Bonchev–Trinajstić information content (AvgIpc) is 1.41. The molecular formula is C3H11Cl2NO. The third kappa shape index (κ3) is 21.1. The van der Waals surface area contributed by atoms with Gasteiger partial charge in [0.2, 0.25) is 0 Å². The Bertz CT molecular complexity index is 20.4. The highest BCUT2D eigenvalue weighted by atomic mass is 35.5. The van der Waals surface area contributed by atoms with Crippen molar-refractivity contribution in [2.24, 2.45) is 5.73 Å². The van der Waals surface area contributed by atoms with Crippen molar-refractivity contribution in [1.29, 1.82) is 0 Å². The van der Waals surface area contributed by atoms with Gasteiger partial charge in [0.25, 0.3) is 0 Å². The first kappa shape index (κ1) is 15.6. The van der Waals surface area contributed by atoms with Crippen LogP contribution in [-0.2, 0) is 0 Å². The van der Waals surface area contributed by atoms with E-state index in [1.165, 1.54) is 0 Å². The molecule has 0 heterocycles. The van der Waals surface area contributed by atoms with E-state index >= 15 is 0 Å². The van der Waals surface area contributed by atoms with Gasteiger partial charge in [0.1, 0.15) is 0 Å². The Morgan fingerprint density at radius 2 is 1.71 bits per heavy atom. The van der Waals surface area contributed by atoms with Crippen molar-refractivity contribution < 1.29 is 5.11 Å².